The second-order valence-corrected chi connectivity index (χ2v) is 28.7. The molecule has 43 nitrogen and oxygen atoms in total. The van der Waals surface area contributed by atoms with Gasteiger partial charge in [0.05, 0.1) is 37.0 Å². The van der Waals surface area contributed by atoms with E-state index in [-0.39, 0.29) is 18.1 Å². The molecule has 0 bridgehead atoms. The molecule has 0 aromatic carbocycles. The highest BCUT2D eigenvalue weighted by Gasteiger charge is 2.57. The maximum atomic E-state index is 12.9. The Hall–Kier alpha value is -2.74. The fraction of sp³-hybridized carbons (Fsp3) is 0.861. The zero-order valence-electron chi connectivity index (χ0n) is 44.0. The molecule has 0 radical (unpaired) electrons. The van der Waals surface area contributed by atoms with Gasteiger partial charge < -0.3 is 94.1 Å². The maximum Gasteiger partial charge on any atom is 0.371 e. The molecule has 506 valence electrons. The molecule has 0 aliphatic carbocycles. The van der Waals surface area contributed by atoms with Crippen LogP contribution in [0.15, 0.2) is 11.8 Å². The van der Waals surface area contributed by atoms with E-state index < -0.39 is 243 Å². The Kier molecular flexibility index (Phi) is 25.8. The van der Waals surface area contributed by atoms with E-state index in [0.717, 1.165) is 0 Å². The third-order valence-corrected chi connectivity index (χ3v) is 18.2. The highest BCUT2D eigenvalue weighted by Crippen LogP contribution is 2.35. The Morgan fingerprint density at radius 2 is 1.09 bits per heavy atom. The van der Waals surface area contributed by atoms with E-state index in [1.165, 1.54) is 37.8 Å². The highest BCUT2D eigenvalue weighted by molar-refractivity contribution is 7.99. The van der Waals surface area contributed by atoms with Gasteiger partial charge in [0.25, 0.3) is 20.2 Å². The lowest BCUT2D eigenvalue weighted by molar-refractivity contribution is -0.312. The van der Waals surface area contributed by atoms with E-state index >= 15 is 0 Å². The smallest absolute Gasteiger partial charge is 0.371 e. The second-order valence-electron chi connectivity index (χ2n) is 19.4. The van der Waals surface area contributed by atoms with E-state index in [1.54, 1.807) is 6.92 Å². The summed E-state index contributed by atoms with van der Waals surface area (Å²) in [6.45, 7) is 0.0634. The molecular formula is C36H62N6O37S8. The van der Waals surface area contributed by atoms with Crippen LogP contribution in [0.25, 0.3) is 0 Å². The van der Waals surface area contributed by atoms with Gasteiger partial charge in [-0.1, -0.05) is 6.92 Å². The minimum absolute atomic E-state index is 0.0234. The summed E-state index contributed by atoms with van der Waals surface area (Å²) in [4.78, 5) is 24.7. The number of thioether (sulfide) groups is 1. The monoisotopic (exact) mass is 1430 g/mol. The number of hydrogen-bond donors (Lipinski definition) is 20. The van der Waals surface area contributed by atoms with Crippen molar-refractivity contribution in [2.75, 3.05) is 43.3 Å². The minimum Gasteiger partial charge on any atom is -0.479 e. The summed E-state index contributed by atoms with van der Waals surface area (Å²) >= 11 is 6.50. The molecule has 23 atom stereocenters. The molecule has 0 aromatic heterocycles. The number of aliphatic hydroxyl groups is 6. The fourth-order valence-electron chi connectivity index (χ4n) is 9.32. The molecule has 5 aliphatic heterocycles. The van der Waals surface area contributed by atoms with Gasteiger partial charge in [-0.05, 0) is 18.3 Å². The van der Waals surface area contributed by atoms with Crippen LogP contribution < -0.4 is 29.5 Å². The topological polar surface area (TPSA) is 677 Å². The van der Waals surface area contributed by atoms with Crippen LogP contribution in [0, 0.1) is 5.92 Å². The van der Waals surface area contributed by atoms with E-state index in [9.17, 15) is 128 Å². The average molecular weight is 1430 g/mol. The highest BCUT2D eigenvalue weighted by atomic mass is 32.3. The van der Waals surface area contributed by atoms with Gasteiger partial charge in [0, 0.05) is 31.1 Å². The van der Waals surface area contributed by atoms with Crippen molar-refractivity contribution in [1.29, 1.82) is 0 Å². The van der Waals surface area contributed by atoms with Gasteiger partial charge in [-0.25, -0.2) is 9.59 Å². The zero-order valence-corrected chi connectivity index (χ0v) is 50.5. The Bertz CT molecular complexity index is 3150. The number of carbonyl (C=O) groups is 2. The summed E-state index contributed by atoms with van der Waals surface area (Å²) in [6, 6.07) is -9.89. The number of carboxylic acid groups (broad SMARTS) is 2. The standard InChI is InChI=1S/C36H62N6O37S8/c1-10-14(76-35(71-2)25(48)21(10)44)7-81-4-3-37-36(80)38-30-19(41-86(65,66)67)23(46)27(16(74-30)9-83(56,57)58)78-34-20(42-87(68,69)70)24(47)28(29(79-34)32(51)52)72-6-13-18(40-85(62,63)64)22(45)26(15(73-13)8-82(53,54)55)77-33-17(39-84(59,60)61)11(43)5-12(75-33)31(49)50/h5,10-11,13-30,33-35,39-48H,3-4,6-9H2,1-2H3,(H,49,50)(H,51,52)(H2,37,38,80)(H,53,54,55)(H,56,57,58)(H,59,60,61)(H,62,63,64)(H,65,66,67)(H,68,69,70)/t10?,11-,13-,14?,15?,16?,17?,18?,19?,20?,21?,22+,23+,24+,25?,26-,27-,28+,29?,30+,33-,34+,35+/m0/s1. The van der Waals surface area contributed by atoms with Gasteiger partial charge in [-0.3, -0.25) is 27.3 Å². The summed E-state index contributed by atoms with van der Waals surface area (Å²) in [5.74, 6) is -8.97. The summed E-state index contributed by atoms with van der Waals surface area (Å²) in [5, 5.41) is 90.7. The number of nitrogens with one attached hydrogen (secondary N) is 6. The first-order valence-corrected chi connectivity index (χ1v) is 34.8. The van der Waals surface area contributed by atoms with Crippen LogP contribution in [0.2, 0.25) is 0 Å². The predicted octanol–water partition coefficient (Wildman–Crippen LogP) is -11.0. The van der Waals surface area contributed by atoms with Crippen molar-refractivity contribution in [3.63, 3.8) is 0 Å². The first-order chi connectivity index (χ1) is 39.8. The predicted molar refractivity (Wildman–Crippen MR) is 282 cm³/mol. The lowest BCUT2D eigenvalue weighted by atomic mass is 9.91. The number of aliphatic carboxylic acids is 2. The summed E-state index contributed by atoms with van der Waals surface area (Å²) in [6.07, 6.45) is -39.8. The van der Waals surface area contributed by atoms with Crippen molar-refractivity contribution >= 4 is 102 Å². The molecule has 4 fully saturated rings. The number of aliphatic hydroxyl groups excluding tert-OH is 6. The third-order valence-electron chi connectivity index (χ3n) is 13.1. The largest absolute Gasteiger partial charge is 0.479 e. The normalized spacial score (nSPS) is 37.5. The molecular weight excluding hydrogens is 1360 g/mol. The van der Waals surface area contributed by atoms with E-state index in [2.05, 4.69) is 10.6 Å². The fourth-order valence-corrected chi connectivity index (χ4v) is 14.4. The van der Waals surface area contributed by atoms with E-state index in [1.807, 2.05) is 0 Å². The van der Waals surface area contributed by atoms with Crippen LogP contribution in [-0.4, -0.2) is 314 Å². The summed E-state index contributed by atoms with van der Waals surface area (Å²) < 4.78 is 260. The van der Waals surface area contributed by atoms with E-state index in [0.29, 0.717) is 6.08 Å². The first kappa shape index (κ1) is 75.0. The van der Waals surface area contributed by atoms with Crippen molar-refractivity contribution in [3.05, 3.63) is 11.8 Å². The minimum atomic E-state index is -5.73. The van der Waals surface area contributed by atoms with Crippen LogP contribution >= 0.6 is 24.0 Å². The molecule has 87 heavy (non-hydrogen) atoms. The number of rotatable bonds is 28. The number of ether oxygens (including phenoxy) is 9. The molecule has 5 heterocycles. The Morgan fingerprint density at radius 3 is 1.61 bits per heavy atom. The van der Waals surface area contributed by atoms with Gasteiger partial charge in [0.15, 0.2) is 23.8 Å². The van der Waals surface area contributed by atoms with E-state index in [4.69, 9.17) is 54.8 Å². The quantitative estimate of drug-likeness (QED) is 0.0196. The van der Waals surface area contributed by atoms with Crippen molar-refractivity contribution < 1.29 is 171 Å². The number of thiocarbonyl (C=S) groups is 1. The molecule has 0 aromatic rings. The number of hydrogen-bond acceptors (Lipinski definition) is 31. The van der Waals surface area contributed by atoms with Gasteiger partial charge >= 0.3 is 53.2 Å². The van der Waals surface area contributed by atoms with Crippen LogP contribution in [0.1, 0.15) is 6.92 Å². The molecule has 0 amide bonds. The molecule has 20 N–H and O–H groups in total. The molecule has 11 unspecified atom stereocenters. The lowest BCUT2D eigenvalue weighted by Crippen LogP contribution is -2.72. The van der Waals surface area contributed by atoms with Crippen LogP contribution in [0.4, 0.5) is 0 Å². The lowest BCUT2D eigenvalue weighted by Gasteiger charge is -2.49. The molecule has 0 saturated carbocycles. The molecule has 51 heteroatoms. The number of methoxy groups -OCH3 is 1. The van der Waals surface area contributed by atoms with Gasteiger partial charge in [-0.2, -0.15) is 81.2 Å². The molecule has 0 spiro atoms. The van der Waals surface area contributed by atoms with Crippen LogP contribution in [0.5, 0.6) is 0 Å². The average Bonchev–Trinajstić information content (AvgIpc) is 0.862. The van der Waals surface area contributed by atoms with Crippen molar-refractivity contribution in [1.82, 2.24) is 29.5 Å². The van der Waals surface area contributed by atoms with Gasteiger partial charge in [0.1, 0.15) is 90.9 Å². The van der Waals surface area contributed by atoms with Crippen molar-refractivity contribution in [2.45, 2.75) is 142 Å². The summed E-state index contributed by atoms with van der Waals surface area (Å²) in [5.41, 5.74) is 0. The zero-order chi connectivity index (χ0) is 65.9. The first-order valence-electron chi connectivity index (χ1n) is 24.3. The molecule has 5 rings (SSSR count). The third kappa shape index (κ3) is 22.0. The molecule has 5 aliphatic rings. The maximum absolute atomic E-state index is 12.9. The van der Waals surface area contributed by atoms with Gasteiger partial charge in [0.2, 0.25) is 12.0 Å². The number of carboxylic acids is 2. The second kappa shape index (κ2) is 29.9. The Balaban J connectivity index is 1.42. The SMILES string of the molecule is CO[C@@H]1OC(CSCCNC(=S)N[C@@H]2OC(CS(=O)(=O)O)[C@H](O[C@@H]3OC(C(=O)O)[C@H](OC[C@@H]4OC(CS(=O)(=O)O)[C@H](O[C@@H]5OC(C(=O)O)=C[C@H](O)C5NS(=O)(=O)O)[C@H](O)C4NS(=O)(=O)O)[C@H](O)C3NS(=O)(=O)O)[C@H](O)C2NS(=O)(=O)O)C(C)C(O)C1O. The summed E-state index contributed by atoms with van der Waals surface area (Å²) in [7, 11) is -31.8. The van der Waals surface area contributed by atoms with Crippen LogP contribution in [-0.2, 0) is 114 Å². The van der Waals surface area contributed by atoms with Crippen molar-refractivity contribution in [2.24, 2.45) is 5.92 Å². The van der Waals surface area contributed by atoms with Gasteiger partial charge in [-0.15, -0.1) is 0 Å². The van der Waals surface area contributed by atoms with Crippen LogP contribution in [0.3, 0.4) is 0 Å². The Labute approximate surface area is 503 Å². The van der Waals surface area contributed by atoms with Crippen molar-refractivity contribution in [3.8, 4) is 0 Å². The molecule has 4 saturated heterocycles. The Morgan fingerprint density at radius 1 is 0.598 bits per heavy atom.